The Bertz CT molecular complexity index is 714. The van der Waals surface area contributed by atoms with E-state index < -0.39 is 0 Å². The van der Waals surface area contributed by atoms with Gasteiger partial charge < -0.3 is 16.0 Å². The molecule has 2 aromatic rings. The highest BCUT2D eigenvalue weighted by Crippen LogP contribution is 2.26. The number of rotatable bonds is 6. The van der Waals surface area contributed by atoms with Crippen molar-refractivity contribution >= 4 is 11.6 Å². The average Bonchev–Trinajstić information content (AvgIpc) is 2.64. The van der Waals surface area contributed by atoms with Crippen LogP contribution in [0.3, 0.4) is 0 Å². The van der Waals surface area contributed by atoms with Gasteiger partial charge in [0.1, 0.15) is 0 Å². The van der Waals surface area contributed by atoms with Crippen LogP contribution in [0.1, 0.15) is 29.7 Å². The Balaban J connectivity index is 1.64. The van der Waals surface area contributed by atoms with Crippen molar-refractivity contribution in [1.82, 2.24) is 10.3 Å². The van der Waals surface area contributed by atoms with Crippen molar-refractivity contribution in [2.24, 2.45) is 11.7 Å². The summed E-state index contributed by atoms with van der Waals surface area (Å²) < 4.78 is 0. The molecule has 0 saturated carbocycles. The molecule has 1 aliphatic rings. The maximum Gasteiger partial charge on any atom is 0.222 e. The van der Waals surface area contributed by atoms with Crippen molar-refractivity contribution in [3.05, 3.63) is 59.4 Å². The molecule has 25 heavy (non-hydrogen) atoms. The zero-order valence-corrected chi connectivity index (χ0v) is 14.7. The molecule has 3 N–H and O–H groups in total. The molecule has 0 unspecified atom stereocenters. The number of nitrogens with two attached hydrogens (primary N) is 1. The molecule has 1 amide bonds. The SMILES string of the molecule is Cc1ccc(CNCc2ccccc2N2CCC[C@H](C(N)=O)C2)nc1. The van der Waals surface area contributed by atoms with Gasteiger partial charge in [-0.1, -0.05) is 24.3 Å². The van der Waals surface area contributed by atoms with Crippen LogP contribution in [-0.4, -0.2) is 24.0 Å². The summed E-state index contributed by atoms with van der Waals surface area (Å²) in [4.78, 5) is 18.3. The third kappa shape index (κ3) is 4.57. The highest BCUT2D eigenvalue weighted by molar-refractivity contribution is 5.77. The predicted octanol–water partition coefficient (Wildman–Crippen LogP) is 2.38. The molecule has 1 aromatic carbocycles. The minimum Gasteiger partial charge on any atom is -0.370 e. The summed E-state index contributed by atoms with van der Waals surface area (Å²) in [5.41, 5.74) is 10.2. The standard InChI is InChI=1S/C20H26N4O/c1-15-8-9-18(23-11-15)13-22-12-16-5-2-3-7-19(16)24-10-4-6-17(14-24)20(21)25/h2-3,5,7-9,11,17,22H,4,6,10,12-14H2,1H3,(H2,21,25)/t17-/m0/s1. The fourth-order valence-electron chi connectivity index (χ4n) is 3.33. The van der Waals surface area contributed by atoms with E-state index in [0.717, 1.165) is 38.2 Å². The van der Waals surface area contributed by atoms with Crippen molar-refractivity contribution in [2.75, 3.05) is 18.0 Å². The van der Waals surface area contributed by atoms with Gasteiger partial charge in [0, 0.05) is 38.1 Å². The molecule has 0 aliphatic carbocycles. The number of anilines is 1. The van der Waals surface area contributed by atoms with E-state index >= 15 is 0 Å². The molecule has 2 heterocycles. The quantitative estimate of drug-likeness (QED) is 0.848. The number of aryl methyl sites for hydroxylation is 1. The fourth-order valence-corrected chi connectivity index (χ4v) is 3.33. The third-order valence-corrected chi connectivity index (χ3v) is 4.75. The van der Waals surface area contributed by atoms with E-state index in [4.69, 9.17) is 5.73 Å². The Kier molecular flexibility index (Phi) is 5.66. The molecular weight excluding hydrogens is 312 g/mol. The summed E-state index contributed by atoms with van der Waals surface area (Å²) in [5, 5.41) is 3.47. The number of benzene rings is 1. The lowest BCUT2D eigenvalue weighted by atomic mass is 9.96. The lowest BCUT2D eigenvalue weighted by molar-refractivity contribution is -0.122. The number of nitrogens with zero attached hydrogens (tertiary/aromatic N) is 2. The van der Waals surface area contributed by atoms with Crippen LogP contribution >= 0.6 is 0 Å². The second-order valence-electron chi connectivity index (χ2n) is 6.75. The molecule has 1 fully saturated rings. The first-order valence-corrected chi connectivity index (χ1v) is 8.88. The van der Waals surface area contributed by atoms with Crippen LogP contribution in [0.4, 0.5) is 5.69 Å². The lowest BCUT2D eigenvalue weighted by Crippen LogP contribution is -2.41. The van der Waals surface area contributed by atoms with Gasteiger partial charge in [-0.2, -0.15) is 0 Å². The van der Waals surface area contributed by atoms with E-state index in [9.17, 15) is 4.79 Å². The van der Waals surface area contributed by atoms with E-state index in [1.807, 2.05) is 19.2 Å². The van der Waals surface area contributed by atoms with Crippen LogP contribution in [0.5, 0.6) is 0 Å². The normalized spacial score (nSPS) is 17.5. The largest absolute Gasteiger partial charge is 0.370 e. The maximum absolute atomic E-state index is 11.5. The van der Waals surface area contributed by atoms with Crippen LogP contribution < -0.4 is 16.0 Å². The number of piperidine rings is 1. The van der Waals surface area contributed by atoms with Gasteiger partial charge in [0.05, 0.1) is 11.6 Å². The van der Waals surface area contributed by atoms with Crippen LogP contribution in [0, 0.1) is 12.8 Å². The molecule has 1 saturated heterocycles. The average molecular weight is 338 g/mol. The van der Waals surface area contributed by atoms with Crippen molar-refractivity contribution in [3.8, 4) is 0 Å². The van der Waals surface area contributed by atoms with Gasteiger partial charge >= 0.3 is 0 Å². The first-order chi connectivity index (χ1) is 12.1. The van der Waals surface area contributed by atoms with Crippen molar-refractivity contribution in [1.29, 1.82) is 0 Å². The number of nitrogens with one attached hydrogen (secondary N) is 1. The second-order valence-corrected chi connectivity index (χ2v) is 6.75. The van der Waals surface area contributed by atoms with Gasteiger partial charge in [-0.3, -0.25) is 9.78 Å². The summed E-state index contributed by atoms with van der Waals surface area (Å²) in [5.74, 6) is -0.239. The number of carbonyl (C=O) groups excluding carboxylic acids is 1. The van der Waals surface area contributed by atoms with Crippen LogP contribution in [0.15, 0.2) is 42.6 Å². The fraction of sp³-hybridized carbons (Fsp3) is 0.400. The molecule has 0 spiro atoms. The van der Waals surface area contributed by atoms with E-state index in [-0.39, 0.29) is 11.8 Å². The summed E-state index contributed by atoms with van der Waals surface area (Å²) in [6, 6.07) is 12.5. The maximum atomic E-state index is 11.5. The van der Waals surface area contributed by atoms with Gasteiger partial charge in [0.25, 0.3) is 0 Å². The Morgan fingerprint density at radius 1 is 1.28 bits per heavy atom. The summed E-state index contributed by atoms with van der Waals surface area (Å²) in [6.07, 6.45) is 3.79. The number of aromatic nitrogens is 1. The highest BCUT2D eigenvalue weighted by atomic mass is 16.1. The number of hydrogen-bond donors (Lipinski definition) is 2. The van der Waals surface area contributed by atoms with E-state index in [0.29, 0.717) is 6.54 Å². The minimum absolute atomic E-state index is 0.0495. The monoisotopic (exact) mass is 338 g/mol. The van der Waals surface area contributed by atoms with Gasteiger partial charge in [0.2, 0.25) is 5.91 Å². The first-order valence-electron chi connectivity index (χ1n) is 8.88. The van der Waals surface area contributed by atoms with Crippen molar-refractivity contribution in [2.45, 2.75) is 32.9 Å². The minimum atomic E-state index is -0.189. The molecule has 132 valence electrons. The number of pyridine rings is 1. The van der Waals surface area contributed by atoms with Gasteiger partial charge in [-0.05, 0) is 43.0 Å². The molecule has 0 bridgehead atoms. The number of hydrogen-bond acceptors (Lipinski definition) is 4. The van der Waals surface area contributed by atoms with Gasteiger partial charge in [-0.25, -0.2) is 0 Å². The Labute approximate surface area is 149 Å². The molecule has 1 aliphatic heterocycles. The van der Waals surface area contributed by atoms with Crippen LogP contribution in [0.25, 0.3) is 0 Å². The second kappa shape index (κ2) is 8.12. The molecule has 1 atom stereocenters. The lowest BCUT2D eigenvalue weighted by Gasteiger charge is -2.34. The van der Waals surface area contributed by atoms with Crippen LogP contribution in [0.2, 0.25) is 0 Å². The number of primary amides is 1. The van der Waals surface area contributed by atoms with E-state index in [2.05, 4.69) is 45.5 Å². The Morgan fingerprint density at radius 3 is 2.88 bits per heavy atom. The number of para-hydroxylation sites is 1. The topological polar surface area (TPSA) is 71.2 Å². The van der Waals surface area contributed by atoms with Gasteiger partial charge in [-0.15, -0.1) is 0 Å². The van der Waals surface area contributed by atoms with Crippen molar-refractivity contribution in [3.63, 3.8) is 0 Å². The molecule has 3 rings (SSSR count). The van der Waals surface area contributed by atoms with Crippen molar-refractivity contribution < 1.29 is 4.79 Å². The summed E-state index contributed by atoms with van der Waals surface area (Å²) in [7, 11) is 0. The predicted molar refractivity (Wildman–Crippen MR) is 100 cm³/mol. The van der Waals surface area contributed by atoms with Crippen LogP contribution in [-0.2, 0) is 17.9 Å². The number of amides is 1. The molecule has 5 nitrogen and oxygen atoms in total. The number of carbonyl (C=O) groups is 1. The smallest absolute Gasteiger partial charge is 0.222 e. The Hall–Kier alpha value is -2.40. The van der Waals surface area contributed by atoms with Gasteiger partial charge in [0.15, 0.2) is 0 Å². The van der Waals surface area contributed by atoms with E-state index in [1.165, 1.54) is 16.8 Å². The highest BCUT2D eigenvalue weighted by Gasteiger charge is 2.25. The summed E-state index contributed by atoms with van der Waals surface area (Å²) in [6.45, 7) is 5.23. The molecule has 0 radical (unpaired) electrons. The Morgan fingerprint density at radius 2 is 2.12 bits per heavy atom. The van der Waals surface area contributed by atoms with E-state index in [1.54, 1.807) is 0 Å². The summed E-state index contributed by atoms with van der Waals surface area (Å²) >= 11 is 0. The first kappa shape index (κ1) is 17.4. The zero-order chi connectivity index (χ0) is 17.6. The molecule has 1 aromatic heterocycles. The molecular formula is C20H26N4O. The third-order valence-electron chi connectivity index (χ3n) is 4.75. The molecule has 5 heteroatoms. The zero-order valence-electron chi connectivity index (χ0n) is 14.7.